The number of carbonyl (C=O) groups excluding carboxylic acids is 2. The van der Waals surface area contributed by atoms with Crippen molar-refractivity contribution in [2.75, 3.05) is 34.3 Å². The zero-order valence-corrected chi connectivity index (χ0v) is 16.3. The maximum atomic E-state index is 12.8. The minimum absolute atomic E-state index is 0.111. The second-order valence-electron chi connectivity index (χ2n) is 6.93. The van der Waals surface area contributed by atoms with Crippen LogP contribution in [0.25, 0.3) is 5.76 Å². The van der Waals surface area contributed by atoms with E-state index in [1.807, 2.05) is 49.3 Å². The van der Waals surface area contributed by atoms with E-state index >= 15 is 0 Å². The Bertz CT molecular complexity index is 889. The lowest BCUT2D eigenvalue weighted by atomic mass is 9.95. The number of likely N-dealkylation sites (N-methyl/N-ethyl adjacent to an activating group) is 1. The molecule has 6 nitrogen and oxygen atoms in total. The summed E-state index contributed by atoms with van der Waals surface area (Å²) in [5.74, 6) is -0.795. The van der Waals surface area contributed by atoms with E-state index in [1.54, 1.807) is 31.4 Å². The molecule has 0 radical (unpaired) electrons. The third-order valence-electron chi connectivity index (χ3n) is 4.81. The lowest BCUT2D eigenvalue weighted by Crippen LogP contribution is -2.35. The highest BCUT2D eigenvalue weighted by atomic mass is 16.5. The molecule has 0 aliphatic carbocycles. The molecule has 28 heavy (non-hydrogen) atoms. The molecule has 6 heteroatoms. The molecule has 0 aromatic heterocycles. The van der Waals surface area contributed by atoms with Gasteiger partial charge >= 0.3 is 0 Å². The third-order valence-corrected chi connectivity index (χ3v) is 4.81. The molecule has 0 bridgehead atoms. The number of methoxy groups -OCH3 is 1. The van der Waals surface area contributed by atoms with Crippen molar-refractivity contribution in [1.82, 2.24) is 9.80 Å². The number of amides is 1. The van der Waals surface area contributed by atoms with Crippen molar-refractivity contribution in [1.29, 1.82) is 0 Å². The number of nitrogens with zero attached hydrogens (tertiary/aromatic N) is 2. The summed E-state index contributed by atoms with van der Waals surface area (Å²) in [7, 11) is 5.37. The van der Waals surface area contributed by atoms with E-state index in [2.05, 4.69) is 0 Å². The fourth-order valence-corrected chi connectivity index (χ4v) is 3.30. The average molecular weight is 380 g/mol. The Morgan fingerprint density at radius 2 is 1.71 bits per heavy atom. The van der Waals surface area contributed by atoms with Gasteiger partial charge in [0.2, 0.25) is 0 Å². The van der Waals surface area contributed by atoms with Crippen LogP contribution in [0.5, 0.6) is 5.75 Å². The second kappa shape index (κ2) is 8.27. The Morgan fingerprint density at radius 3 is 2.29 bits per heavy atom. The number of benzene rings is 2. The number of aliphatic hydroxyl groups is 1. The first kappa shape index (κ1) is 19.6. The zero-order valence-electron chi connectivity index (χ0n) is 16.3. The number of hydrogen-bond donors (Lipinski definition) is 1. The highest BCUT2D eigenvalue weighted by molar-refractivity contribution is 6.46. The van der Waals surface area contributed by atoms with Gasteiger partial charge in [0.15, 0.2) is 0 Å². The van der Waals surface area contributed by atoms with E-state index in [9.17, 15) is 14.7 Å². The van der Waals surface area contributed by atoms with E-state index in [0.717, 1.165) is 5.56 Å². The normalized spacial score (nSPS) is 18.7. The van der Waals surface area contributed by atoms with E-state index in [1.165, 1.54) is 4.90 Å². The number of Topliss-reactive ketones (excluding diaryl/α,β-unsaturated/α-hetero) is 1. The van der Waals surface area contributed by atoms with Crippen LogP contribution < -0.4 is 4.74 Å². The van der Waals surface area contributed by atoms with Crippen LogP contribution in [-0.4, -0.2) is 60.9 Å². The first-order valence-electron chi connectivity index (χ1n) is 9.06. The number of hydrogen-bond acceptors (Lipinski definition) is 5. The molecular formula is C22H24N2O4. The second-order valence-corrected chi connectivity index (χ2v) is 6.93. The number of ether oxygens (including phenoxy) is 1. The first-order chi connectivity index (χ1) is 13.4. The lowest BCUT2D eigenvalue weighted by molar-refractivity contribution is -0.140. The summed E-state index contributed by atoms with van der Waals surface area (Å²) in [6, 6.07) is 15.4. The maximum Gasteiger partial charge on any atom is 0.295 e. The van der Waals surface area contributed by atoms with Gasteiger partial charge in [-0.1, -0.05) is 30.3 Å². The number of likely N-dealkylation sites (tertiary alicyclic amines) is 1. The molecule has 1 heterocycles. The van der Waals surface area contributed by atoms with E-state index in [-0.39, 0.29) is 11.3 Å². The molecule has 1 fully saturated rings. The Kier molecular flexibility index (Phi) is 5.80. The summed E-state index contributed by atoms with van der Waals surface area (Å²) in [5.41, 5.74) is 1.36. The molecule has 1 aliphatic rings. The van der Waals surface area contributed by atoms with Crippen LogP contribution in [0.4, 0.5) is 0 Å². The largest absolute Gasteiger partial charge is 0.507 e. The summed E-state index contributed by atoms with van der Waals surface area (Å²) < 4.78 is 5.14. The first-order valence-corrected chi connectivity index (χ1v) is 9.06. The molecule has 3 rings (SSSR count). The Balaban J connectivity index is 2.10. The van der Waals surface area contributed by atoms with Crippen molar-refractivity contribution in [2.24, 2.45) is 0 Å². The van der Waals surface area contributed by atoms with Crippen LogP contribution in [0.1, 0.15) is 17.2 Å². The Hall–Kier alpha value is -3.12. The predicted molar refractivity (Wildman–Crippen MR) is 107 cm³/mol. The average Bonchev–Trinajstić information content (AvgIpc) is 2.97. The maximum absolute atomic E-state index is 12.8. The molecule has 0 spiro atoms. The molecule has 1 atom stereocenters. The number of carbonyl (C=O) groups is 2. The van der Waals surface area contributed by atoms with Crippen molar-refractivity contribution in [3.63, 3.8) is 0 Å². The minimum Gasteiger partial charge on any atom is -0.507 e. The van der Waals surface area contributed by atoms with Crippen LogP contribution in [0.3, 0.4) is 0 Å². The van der Waals surface area contributed by atoms with Gasteiger partial charge in [0, 0.05) is 18.7 Å². The van der Waals surface area contributed by atoms with Gasteiger partial charge in [-0.2, -0.15) is 0 Å². The van der Waals surface area contributed by atoms with Gasteiger partial charge in [0.25, 0.3) is 11.7 Å². The van der Waals surface area contributed by atoms with E-state index < -0.39 is 17.7 Å². The highest BCUT2D eigenvalue weighted by Gasteiger charge is 2.45. The fourth-order valence-electron chi connectivity index (χ4n) is 3.30. The molecule has 1 aliphatic heterocycles. The summed E-state index contributed by atoms with van der Waals surface area (Å²) in [5, 5.41) is 10.9. The SMILES string of the molecule is COc1ccc(/C(O)=C2\C(=O)C(=O)N(CCN(C)C)[C@H]2c2ccccc2)cc1. The van der Waals surface area contributed by atoms with Gasteiger partial charge in [-0.25, -0.2) is 0 Å². The number of rotatable bonds is 6. The highest BCUT2D eigenvalue weighted by Crippen LogP contribution is 2.39. The van der Waals surface area contributed by atoms with Gasteiger partial charge in [0.05, 0.1) is 18.7 Å². The predicted octanol–water partition coefficient (Wildman–Crippen LogP) is 2.68. The van der Waals surface area contributed by atoms with E-state index in [4.69, 9.17) is 4.74 Å². The van der Waals surface area contributed by atoms with Crippen molar-refractivity contribution in [3.05, 3.63) is 71.3 Å². The summed E-state index contributed by atoms with van der Waals surface area (Å²) in [4.78, 5) is 29.1. The molecule has 1 amide bonds. The van der Waals surface area contributed by atoms with Crippen molar-refractivity contribution < 1.29 is 19.4 Å². The Labute approximate surface area is 164 Å². The molecule has 2 aromatic carbocycles. The van der Waals surface area contributed by atoms with Gasteiger partial charge < -0.3 is 19.6 Å². The molecule has 146 valence electrons. The summed E-state index contributed by atoms with van der Waals surface area (Å²) >= 11 is 0. The third kappa shape index (κ3) is 3.77. The van der Waals surface area contributed by atoms with Gasteiger partial charge in [-0.15, -0.1) is 0 Å². The zero-order chi connectivity index (χ0) is 20.3. The van der Waals surface area contributed by atoms with Crippen molar-refractivity contribution in [3.8, 4) is 5.75 Å². The van der Waals surface area contributed by atoms with Crippen molar-refractivity contribution in [2.45, 2.75) is 6.04 Å². The van der Waals surface area contributed by atoms with Gasteiger partial charge in [-0.3, -0.25) is 9.59 Å². The lowest BCUT2D eigenvalue weighted by Gasteiger charge is -2.26. The van der Waals surface area contributed by atoms with Gasteiger partial charge in [-0.05, 0) is 43.9 Å². The molecule has 0 unspecified atom stereocenters. The number of aliphatic hydroxyl groups excluding tert-OH is 1. The van der Waals surface area contributed by atoms with Crippen LogP contribution >= 0.6 is 0 Å². The minimum atomic E-state index is -0.666. The molecule has 1 N–H and O–H groups in total. The van der Waals surface area contributed by atoms with Crippen LogP contribution in [0, 0.1) is 0 Å². The molecule has 2 aromatic rings. The van der Waals surface area contributed by atoms with Crippen molar-refractivity contribution >= 4 is 17.4 Å². The smallest absolute Gasteiger partial charge is 0.295 e. The Morgan fingerprint density at radius 1 is 1.07 bits per heavy atom. The van der Waals surface area contributed by atoms with Gasteiger partial charge in [0.1, 0.15) is 11.5 Å². The van der Waals surface area contributed by atoms with Crippen LogP contribution in [0.2, 0.25) is 0 Å². The number of ketones is 1. The molecular weight excluding hydrogens is 356 g/mol. The fraction of sp³-hybridized carbons (Fsp3) is 0.273. The standard InChI is InChI=1S/C22H24N2O4/c1-23(2)13-14-24-19(15-7-5-4-6-8-15)18(21(26)22(24)27)20(25)16-9-11-17(28-3)12-10-16/h4-12,19,25H,13-14H2,1-3H3/b20-18+/t19-/m0/s1. The summed E-state index contributed by atoms with van der Waals surface area (Å²) in [6.45, 7) is 0.995. The van der Waals surface area contributed by atoms with Crippen LogP contribution in [0.15, 0.2) is 60.2 Å². The molecule has 1 saturated heterocycles. The summed E-state index contributed by atoms with van der Waals surface area (Å²) in [6.07, 6.45) is 0. The van der Waals surface area contributed by atoms with E-state index in [0.29, 0.717) is 24.4 Å². The molecule has 0 saturated carbocycles. The van der Waals surface area contributed by atoms with Crippen LogP contribution in [-0.2, 0) is 9.59 Å². The quantitative estimate of drug-likeness (QED) is 0.474. The topological polar surface area (TPSA) is 70.1 Å². The monoisotopic (exact) mass is 380 g/mol.